The Labute approximate surface area is 111 Å². The summed E-state index contributed by atoms with van der Waals surface area (Å²) in [5.41, 5.74) is 5.07. The van der Waals surface area contributed by atoms with Crippen molar-refractivity contribution in [1.29, 1.82) is 0 Å². The van der Waals surface area contributed by atoms with E-state index in [2.05, 4.69) is 11.9 Å². The van der Waals surface area contributed by atoms with E-state index in [4.69, 9.17) is 9.47 Å². The van der Waals surface area contributed by atoms with E-state index in [1.807, 2.05) is 36.9 Å². The molecule has 18 heavy (non-hydrogen) atoms. The van der Waals surface area contributed by atoms with Crippen molar-refractivity contribution in [3.63, 3.8) is 0 Å². The molecule has 2 rings (SSSR count). The third-order valence-electron chi connectivity index (χ3n) is 2.60. The summed E-state index contributed by atoms with van der Waals surface area (Å²) in [5.74, 6) is 1.59. The van der Waals surface area contributed by atoms with Gasteiger partial charge >= 0.3 is 0 Å². The zero-order chi connectivity index (χ0) is 13.0. The molecule has 1 aromatic heterocycles. The summed E-state index contributed by atoms with van der Waals surface area (Å²) in [6.45, 7) is 7.26. The minimum Gasteiger partial charge on any atom is -0.490 e. The number of aryl methyl sites for hydroxylation is 1. The minimum absolute atomic E-state index is 0.625. The van der Waals surface area contributed by atoms with Crippen LogP contribution in [0.2, 0.25) is 0 Å². The van der Waals surface area contributed by atoms with Gasteiger partial charge in [0.1, 0.15) is 0 Å². The Balaban J connectivity index is 2.46. The predicted molar refractivity (Wildman–Crippen MR) is 74.6 cm³/mol. The van der Waals surface area contributed by atoms with E-state index in [9.17, 15) is 0 Å². The highest BCUT2D eigenvalue weighted by atomic mass is 32.1. The maximum absolute atomic E-state index is 5.63. The second kappa shape index (κ2) is 5.87. The molecule has 0 aliphatic carbocycles. The van der Waals surface area contributed by atoms with Crippen LogP contribution in [0, 0.1) is 6.92 Å². The number of ether oxygens (including phenoxy) is 2. The molecule has 0 fully saturated rings. The van der Waals surface area contributed by atoms with Crippen LogP contribution in [0.4, 0.5) is 0 Å². The third-order valence-corrected chi connectivity index (χ3v) is 3.19. The monoisotopic (exact) mass is 263 g/mol. The second-order valence-electron chi connectivity index (χ2n) is 3.85. The van der Waals surface area contributed by atoms with Crippen LogP contribution in [0.5, 0.6) is 11.5 Å². The first kappa shape index (κ1) is 12.9. The van der Waals surface area contributed by atoms with Gasteiger partial charge in [-0.25, -0.2) is 4.98 Å². The topological polar surface area (TPSA) is 31.4 Å². The zero-order valence-corrected chi connectivity index (χ0v) is 11.7. The van der Waals surface area contributed by atoms with Gasteiger partial charge in [-0.3, -0.25) is 0 Å². The number of hydrogen-bond acceptors (Lipinski definition) is 4. The van der Waals surface area contributed by atoms with Crippen LogP contribution in [0.25, 0.3) is 11.3 Å². The summed E-state index contributed by atoms with van der Waals surface area (Å²) < 4.78 is 11.2. The van der Waals surface area contributed by atoms with Gasteiger partial charge in [0.15, 0.2) is 11.5 Å². The Kier molecular flexibility index (Phi) is 4.20. The lowest BCUT2D eigenvalue weighted by atomic mass is 10.1. The minimum atomic E-state index is 0.625. The van der Waals surface area contributed by atoms with Crippen molar-refractivity contribution in [1.82, 2.24) is 4.98 Å². The highest BCUT2D eigenvalue weighted by Crippen LogP contribution is 2.35. The molecule has 2 aromatic rings. The molecule has 0 radical (unpaired) electrons. The lowest BCUT2D eigenvalue weighted by Gasteiger charge is -2.14. The molecule has 3 nitrogen and oxygen atoms in total. The lowest BCUT2D eigenvalue weighted by molar-refractivity contribution is 0.287. The van der Waals surface area contributed by atoms with Gasteiger partial charge in [0.2, 0.25) is 0 Å². The Morgan fingerprint density at radius 1 is 1.11 bits per heavy atom. The quantitative estimate of drug-likeness (QED) is 0.819. The van der Waals surface area contributed by atoms with Gasteiger partial charge in [-0.15, -0.1) is 11.3 Å². The molecule has 96 valence electrons. The molecule has 1 aromatic carbocycles. The van der Waals surface area contributed by atoms with Crippen LogP contribution in [0.1, 0.15) is 19.4 Å². The van der Waals surface area contributed by atoms with Gasteiger partial charge < -0.3 is 9.47 Å². The SMILES string of the molecule is CCOc1cc(C)c(-c2cscn2)cc1OCC. The fourth-order valence-electron chi connectivity index (χ4n) is 1.82. The van der Waals surface area contributed by atoms with Gasteiger partial charge in [-0.1, -0.05) is 0 Å². The molecule has 0 aliphatic rings. The first-order chi connectivity index (χ1) is 8.76. The number of hydrogen-bond donors (Lipinski definition) is 0. The lowest BCUT2D eigenvalue weighted by Crippen LogP contribution is -1.99. The Bertz CT molecular complexity index is 509. The highest BCUT2D eigenvalue weighted by molar-refractivity contribution is 7.07. The van der Waals surface area contributed by atoms with Gasteiger partial charge in [-0.05, 0) is 38.5 Å². The van der Waals surface area contributed by atoms with Crippen molar-refractivity contribution in [3.05, 3.63) is 28.6 Å². The van der Waals surface area contributed by atoms with E-state index in [0.29, 0.717) is 13.2 Å². The van der Waals surface area contributed by atoms with Crippen LogP contribution in [0.3, 0.4) is 0 Å². The average Bonchev–Trinajstić information content (AvgIpc) is 2.86. The first-order valence-corrected chi connectivity index (χ1v) is 6.99. The molecule has 0 aliphatic heterocycles. The summed E-state index contributed by atoms with van der Waals surface area (Å²) in [5, 5.41) is 2.04. The zero-order valence-electron chi connectivity index (χ0n) is 10.9. The van der Waals surface area contributed by atoms with Gasteiger partial charge in [0.25, 0.3) is 0 Å². The maximum Gasteiger partial charge on any atom is 0.161 e. The molecule has 0 unspecified atom stereocenters. The molecule has 0 N–H and O–H groups in total. The normalized spacial score (nSPS) is 10.4. The average molecular weight is 263 g/mol. The van der Waals surface area contributed by atoms with Gasteiger partial charge in [-0.2, -0.15) is 0 Å². The Hall–Kier alpha value is -1.55. The van der Waals surface area contributed by atoms with Crippen LogP contribution in [0.15, 0.2) is 23.0 Å². The van der Waals surface area contributed by atoms with Gasteiger partial charge in [0, 0.05) is 10.9 Å². The highest BCUT2D eigenvalue weighted by Gasteiger charge is 2.12. The molecule has 0 amide bonds. The maximum atomic E-state index is 5.63. The molecule has 0 saturated carbocycles. The van der Waals surface area contributed by atoms with E-state index < -0.39 is 0 Å². The summed E-state index contributed by atoms with van der Waals surface area (Å²) in [6.07, 6.45) is 0. The second-order valence-corrected chi connectivity index (χ2v) is 4.57. The molecular formula is C14H17NO2S. The molecule has 4 heteroatoms. The van der Waals surface area contributed by atoms with Crippen molar-refractivity contribution in [2.75, 3.05) is 13.2 Å². The molecular weight excluding hydrogens is 246 g/mol. The van der Waals surface area contributed by atoms with Crippen LogP contribution < -0.4 is 9.47 Å². The number of rotatable bonds is 5. The van der Waals surface area contributed by atoms with Crippen LogP contribution in [-0.2, 0) is 0 Å². The summed E-state index contributed by atoms with van der Waals surface area (Å²) >= 11 is 1.59. The van der Waals surface area contributed by atoms with E-state index in [-0.39, 0.29) is 0 Å². The van der Waals surface area contributed by atoms with Crippen molar-refractivity contribution in [2.24, 2.45) is 0 Å². The van der Waals surface area contributed by atoms with E-state index in [1.54, 1.807) is 11.3 Å². The van der Waals surface area contributed by atoms with Crippen LogP contribution >= 0.6 is 11.3 Å². The molecule has 0 saturated heterocycles. The fourth-order valence-corrected chi connectivity index (χ4v) is 2.37. The number of aromatic nitrogens is 1. The third kappa shape index (κ3) is 2.64. The fraction of sp³-hybridized carbons (Fsp3) is 0.357. The van der Waals surface area contributed by atoms with Crippen molar-refractivity contribution in [3.8, 4) is 22.8 Å². The molecule has 0 atom stereocenters. The standard InChI is InChI=1S/C14H17NO2S/c1-4-16-13-6-10(3)11(7-14(13)17-5-2)12-8-18-9-15-12/h6-9H,4-5H2,1-3H3. The smallest absolute Gasteiger partial charge is 0.161 e. The van der Waals surface area contributed by atoms with Gasteiger partial charge in [0.05, 0.1) is 24.4 Å². The summed E-state index contributed by atoms with van der Waals surface area (Å²) in [6, 6.07) is 4.03. The van der Waals surface area contributed by atoms with E-state index >= 15 is 0 Å². The van der Waals surface area contributed by atoms with Crippen molar-refractivity contribution in [2.45, 2.75) is 20.8 Å². The Morgan fingerprint density at radius 2 is 1.78 bits per heavy atom. The van der Waals surface area contributed by atoms with E-state index in [1.165, 1.54) is 0 Å². The number of thiazole rings is 1. The summed E-state index contributed by atoms with van der Waals surface area (Å²) in [7, 11) is 0. The van der Waals surface area contributed by atoms with Crippen molar-refractivity contribution < 1.29 is 9.47 Å². The number of benzene rings is 1. The largest absolute Gasteiger partial charge is 0.490 e. The van der Waals surface area contributed by atoms with Crippen molar-refractivity contribution >= 4 is 11.3 Å². The Morgan fingerprint density at radius 3 is 2.33 bits per heavy atom. The molecule has 0 bridgehead atoms. The van der Waals surface area contributed by atoms with E-state index in [0.717, 1.165) is 28.3 Å². The molecule has 0 spiro atoms. The summed E-state index contributed by atoms with van der Waals surface area (Å²) in [4.78, 5) is 4.35. The van der Waals surface area contributed by atoms with Crippen LogP contribution in [-0.4, -0.2) is 18.2 Å². The predicted octanol–water partition coefficient (Wildman–Crippen LogP) is 3.92. The first-order valence-electron chi connectivity index (χ1n) is 6.05. The number of nitrogens with zero attached hydrogens (tertiary/aromatic N) is 1. The molecule has 1 heterocycles.